The van der Waals surface area contributed by atoms with Crippen LogP contribution >= 0.6 is 0 Å². The zero-order valence-electron chi connectivity index (χ0n) is 15.1. The van der Waals surface area contributed by atoms with E-state index >= 15 is 0 Å². The Hall–Kier alpha value is -2.29. The highest BCUT2D eigenvalue weighted by Gasteiger charge is 2.39. The van der Waals surface area contributed by atoms with Crippen LogP contribution in [0, 0.1) is 0 Å². The summed E-state index contributed by atoms with van der Waals surface area (Å²) in [5.41, 5.74) is 7.32. The van der Waals surface area contributed by atoms with Crippen LogP contribution in [0.2, 0.25) is 0 Å². The Morgan fingerprint density at radius 3 is 2.81 bits per heavy atom. The van der Waals surface area contributed by atoms with E-state index in [4.69, 9.17) is 5.73 Å². The molecule has 4 N–H and O–H groups in total. The molecule has 4 rings (SSSR count). The smallest absolute Gasteiger partial charge is 0.255 e. The number of carbonyl (C=O) groups is 3. The summed E-state index contributed by atoms with van der Waals surface area (Å²) in [7, 11) is 0. The number of aliphatic hydroxyl groups is 1. The van der Waals surface area contributed by atoms with Crippen molar-refractivity contribution < 1.29 is 19.5 Å². The Bertz CT molecular complexity index is 811. The van der Waals surface area contributed by atoms with Crippen molar-refractivity contribution >= 4 is 17.7 Å². The van der Waals surface area contributed by atoms with Crippen molar-refractivity contribution in [3.8, 4) is 0 Å². The maximum atomic E-state index is 12.9. The predicted molar refractivity (Wildman–Crippen MR) is 96.4 cm³/mol. The largest absolute Gasteiger partial charge is 0.387 e. The monoisotopic (exact) mass is 372 g/mol. The molecule has 0 saturated carbocycles. The molecule has 3 aliphatic heterocycles. The summed E-state index contributed by atoms with van der Waals surface area (Å²) in [6.07, 6.45) is 1.26. The fraction of sp³-hybridized carbons (Fsp3) is 0.526. The molecule has 2 fully saturated rings. The van der Waals surface area contributed by atoms with Gasteiger partial charge in [0, 0.05) is 44.7 Å². The van der Waals surface area contributed by atoms with Gasteiger partial charge in [0.25, 0.3) is 5.91 Å². The van der Waals surface area contributed by atoms with Crippen molar-refractivity contribution in [1.29, 1.82) is 0 Å². The number of nitrogens with two attached hydrogens (primary N) is 1. The first-order valence-electron chi connectivity index (χ1n) is 9.30. The van der Waals surface area contributed by atoms with Gasteiger partial charge >= 0.3 is 0 Å². The summed E-state index contributed by atoms with van der Waals surface area (Å²) in [6, 6.07) is 5.20. The summed E-state index contributed by atoms with van der Waals surface area (Å²) >= 11 is 0. The number of hydrogen-bond acceptors (Lipinski definition) is 6. The number of likely N-dealkylation sites (tertiary alicyclic amines) is 1. The van der Waals surface area contributed by atoms with Gasteiger partial charge in [-0.25, -0.2) is 0 Å². The Labute approximate surface area is 157 Å². The lowest BCUT2D eigenvalue weighted by molar-refractivity contribution is -0.136. The number of piperidine rings is 1. The summed E-state index contributed by atoms with van der Waals surface area (Å²) in [5.74, 6) is -0.849. The molecule has 0 radical (unpaired) electrons. The van der Waals surface area contributed by atoms with E-state index in [-0.39, 0.29) is 24.8 Å². The third kappa shape index (κ3) is 3.36. The maximum Gasteiger partial charge on any atom is 0.255 e. The quantitative estimate of drug-likeness (QED) is 0.605. The van der Waals surface area contributed by atoms with Crippen LogP contribution in [0.4, 0.5) is 0 Å². The van der Waals surface area contributed by atoms with Crippen LogP contribution in [0.15, 0.2) is 18.2 Å². The number of fused-ring (bicyclic) bond motifs is 1. The molecule has 0 aliphatic carbocycles. The number of rotatable bonds is 4. The van der Waals surface area contributed by atoms with E-state index in [2.05, 4.69) is 10.2 Å². The SMILES string of the molecule is NCC1(O)CCN(Cc2ccc3c(c2)C(=O)N(C2CCC(=O)NC2=O)C3)C1. The molecular weight excluding hydrogens is 348 g/mol. The number of benzene rings is 1. The van der Waals surface area contributed by atoms with Gasteiger partial charge in [0.2, 0.25) is 11.8 Å². The van der Waals surface area contributed by atoms with Crippen molar-refractivity contribution in [2.24, 2.45) is 5.73 Å². The highest BCUT2D eigenvalue weighted by Crippen LogP contribution is 2.29. The van der Waals surface area contributed by atoms with Crippen LogP contribution in [0.5, 0.6) is 0 Å². The summed E-state index contributed by atoms with van der Waals surface area (Å²) in [4.78, 5) is 40.0. The number of hydrogen-bond donors (Lipinski definition) is 3. The Morgan fingerprint density at radius 2 is 2.11 bits per heavy atom. The second kappa shape index (κ2) is 6.70. The first-order chi connectivity index (χ1) is 12.9. The molecule has 3 heterocycles. The van der Waals surface area contributed by atoms with E-state index < -0.39 is 17.6 Å². The van der Waals surface area contributed by atoms with Gasteiger partial charge in [-0.2, -0.15) is 0 Å². The fourth-order valence-electron chi connectivity index (χ4n) is 4.20. The van der Waals surface area contributed by atoms with Gasteiger partial charge < -0.3 is 15.7 Å². The molecule has 8 nitrogen and oxygen atoms in total. The maximum absolute atomic E-state index is 12.9. The number of carbonyl (C=O) groups excluding carboxylic acids is 3. The molecule has 1 aromatic carbocycles. The average molecular weight is 372 g/mol. The second-order valence-corrected chi connectivity index (χ2v) is 7.78. The van der Waals surface area contributed by atoms with E-state index in [1.54, 1.807) is 4.90 Å². The lowest BCUT2D eigenvalue weighted by atomic mass is 10.0. The predicted octanol–water partition coefficient (Wildman–Crippen LogP) is -0.657. The Balaban J connectivity index is 1.47. The Kier molecular flexibility index (Phi) is 4.49. The number of imide groups is 1. The molecule has 3 amide bonds. The van der Waals surface area contributed by atoms with E-state index in [0.29, 0.717) is 38.0 Å². The Morgan fingerprint density at radius 1 is 1.30 bits per heavy atom. The summed E-state index contributed by atoms with van der Waals surface area (Å²) in [5, 5.41) is 12.6. The van der Waals surface area contributed by atoms with Gasteiger partial charge in [-0.05, 0) is 30.0 Å². The lowest BCUT2D eigenvalue weighted by Crippen LogP contribution is -2.52. The van der Waals surface area contributed by atoms with Crippen molar-refractivity contribution in [2.45, 2.75) is 44.0 Å². The van der Waals surface area contributed by atoms with Gasteiger partial charge in [0.05, 0.1) is 5.60 Å². The molecule has 0 aromatic heterocycles. The van der Waals surface area contributed by atoms with Gasteiger partial charge in [0.1, 0.15) is 6.04 Å². The molecule has 2 unspecified atom stereocenters. The zero-order valence-corrected chi connectivity index (χ0v) is 15.1. The minimum atomic E-state index is -0.824. The molecule has 2 saturated heterocycles. The molecule has 144 valence electrons. The number of nitrogens with zero attached hydrogens (tertiary/aromatic N) is 2. The van der Waals surface area contributed by atoms with Crippen molar-refractivity contribution in [3.05, 3.63) is 34.9 Å². The normalized spacial score (nSPS) is 28.6. The van der Waals surface area contributed by atoms with Crippen molar-refractivity contribution in [2.75, 3.05) is 19.6 Å². The first kappa shape index (κ1) is 18.1. The minimum absolute atomic E-state index is 0.166. The first-order valence-corrected chi connectivity index (χ1v) is 9.30. The minimum Gasteiger partial charge on any atom is -0.387 e. The van der Waals surface area contributed by atoms with Crippen LogP contribution in [0.25, 0.3) is 0 Å². The van der Waals surface area contributed by atoms with Crippen molar-refractivity contribution in [1.82, 2.24) is 15.1 Å². The number of amides is 3. The van der Waals surface area contributed by atoms with Crippen molar-refractivity contribution in [3.63, 3.8) is 0 Å². The number of β-amino-alcohol motifs (C(OH)–C–C–N with tert-alkyl or cyclic N) is 1. The second-order valence-electron chi connectivity index (χ2n) is 7.78. The van der Waals surface area contributed by atoms with Crippen LogP contribution in [-0.4, -0.2) is 63.9 Å². The third-order valence-corrected chi connectivity index (χ3v) is 5.79. The van der Waals surface area contributed by atoms with E-state index in [0.717, 1.165) is 17.7 Å². The molecule has 0 spiro atoms. The van der Waals surface area contributed by atoms with E-state index in [1.165, 1.54) is 0 Å². The van der Waals surface area contributed by atoms with Gasteiger partial charge in [-0.1, -0.05) is 12.1 Å². The van der Waals surface area contributed by atoms with Crippen LogP contribution < -0.4 is 11.1 Å². The van der Waals surface area contributed by atoms with E-state index in [9.17, 15) is 19.5 Å². The van der Waals surface area contributed by atoms with E-state index in [1.807, 2.05) is 18.2 Å². The zero-order chi connectivity index (χ0) is 19.2. The lowest BCUT2D eigenvalue weighted by Gasteiger charge is -2.29. The number of nitrogens with one attached hydrogen (secondary N) is 1. The standard InChI is InChI=1S/C19H24N4O4/c20-10-19(27)5-6-22(11-19)8-12-1-2-13-9-23(18(26)14(13)7-12)15-3-4-16(24)21-17(15)25/h1-2,7,15,27H,3-6,8-11,20H2,(H,21,24,25). The van der Waals surface area contributed by atoms with Crippen LogP contribution in [0.3, 0.4) is 0 Å². The fourth-order valence-corrected chi connectivity index (χ4v) is 4.20. The van der Waals surface area contributed by atoms with Gasteiger partial charge in [0.15, 0.2) is 0 Å². The molecule has 8 heteroatoms. The highest BCUT2D eigenvalue weighted by atomic mass is 16.3. The molecule has 1 aromatic rings. The third-order valence-electron chi connectivity index (χ3n) is 5.79. The van der Waals surface area contributed by atoms with Gasteiger partial charge in [-0.15, -0.1) is 0 Å². The molecular formula is C19H24N4O4. The van der Waals surface area contributed by atoms with Gasteiger partial charge in [-0.3, -0.25) is 24.6 Å². The van der Waals surface area contributed by atoms with Crippen LogP contribution in [0.1, 0.15) is 40.7 Å². The topological polar surface area (TPSA) is 116 Å². The highest BCUT2D eigenvalue weighted by molar-refractivity contribution is 6.05. The molecule has 27 heavy (non-hydrogen) atoms. The summed E-state index contributed by atoms with van der Waals surface area (Å²) in [6.45, 7) is 2.56. The molecule has 2 atom stereocenters. The molecule has 3 aliphatic rings. The molecule has 0 bridgehead atoms. The summed E-state index contributed by atoms with van der Waals surface area (Å²) < 4.78 is 0. The van der Waals surface area contributed by atoms with Crippen LogP contribution in [-0.2, 0) is 22.7 Å². The average Bonchev–Trinajstić information content (AvgIpc) is 3.17.